The molecule has 3 heterocycles. The van der Waals surface area contributed by atoms with Crippen molar-refractivity contribution in [2.45, 2.75) is 33.6 Å². The lowest BCUT2D eigenvalue weighted by Gasteiger charge is -2.37. The molecule has 2 aliphatic rings. The lowest BCUT2D eigenvalue weighted by atomic mass is 9.97. The molecule has 1 aromatic heterocycles. The Labute approximate surface area is 175 Å². The van der Waals surface area contributed by atoms with Gasteiger partial charge in [-0.3, -0.25) is 9.79 Å². The smallest absolute Gasteiger partial charge is 0.289 e. The van der Waals surface area contributed by atoms with Gasteiger partial charge in [0.1, 0.15) is 0 Å². The normalized spacial score (nSPS) is 21.7. The number of nitrogens with zero attached hydrogens (tertiary/aromatic N) is 4. The fourth-order valence-electron chi connectivity index (χ4n) is 4.30. The summed E-state index contributed by atoms with van der Waals surface area (Å²) in [6, 6.07) is 3.49. The number of piperidine rings is 1. The van der Waals surface area contributed by atoms with Crippen molar-refractivity contribution in [3.8, 4) is 0 Å². The minimum Gasteiger partial charge on any atom is -0.459 e. The highest BCUT2D eigenvalue weighted by molar-refractivity contribution is 5.91. The predicted molar refractivity (Wildman–Crippen MR) is 116 cm³/mol. The number of likely N-dealkylation sites (tertiary alicyclic amines) is 1. The largest absolute Gasteiger partial charge is 0.459 e. The average Bonchev–Trinajstić information content (AvgIpc) is 3.25. The van der Waals surface area contributed by atoms with Crippen LogP contribution in [-0.4, -0.2) is 85.5 Å². The topological polar surface area (TPSA) is 64.3 Å². The van der Waals surface area contributed by atoms with E-state index in [1.807, 2.05) is 4.90 Å². The molecule has 7 nitrogen and oxygen atoms in total. The van der Waals surface area contributed by atoms with Crippen LogP contribution in [0.5, 0.6) is 0 Å². The summed E-state index contributed by atoms with van der Waals surface area (Å²) < 4.78 is 5.25. The molecule has 7 heteroatoms. The van der Waals surface area contributed by atoms with Crippen molar-refractivity contribution in [1.82, 2.24) is 20.0 Å². The van der Waals surface area contributed by atoms with Gasteiger partial charge in [-0.15, -0.1) is 0 Å². The van der Waals surface area contributed by atoms with Gasteiger partial charge < -0.3 is 24.4 Å². The van der Waals surface area contributed by atoms with E-state index in [1.165, 1.54) is 25.9 Å². The van der Waals surface area contributed by atoms with E-state index >= 15 is 0 Å². The SMILES string of the molecule is CCNC(=NCC1CCCN(CC(C)C)C1)N1CCN(C(=O)c2ccco2)CC1. The maximum atomic E-state index is 12.5. The van der Waals surface area contributed by atoms with Crippen LogP contribution >= 0.6 is 0 Å². The predicted octanol–water partition coefficient (Wildman–Crippen LogP) is 2.37. The molecule has 0 bridgehead atoms. The van der Waals surface area contributed by atoms with Gasteiger partial charge in [-0.25, -0.2) is 0 Å². The van der Waals surface area contributed by atoms with Crippen molar-refractivity contribution in [3.05, 3.63) is 24.2 Å². The number of hydrogen-bond acceptors (Lipinski definition) is 4. The van der Waals surface area contributed by atoms with Gasteiger partial charge >= 0.3 is 0 Å². The van der Waals surface area contributed by atoms with Gasteiger partial charge in [0.05, 0.1) is 6.26 Å². The molecule has 1 atom stereocenters. The second-order valence-electron chi connectivity index (χ2n) is 8.61. The zero-order valence-corrected chi connectivity index (χ0v) is 18.3. The molecular weight excluding hydrogens is 366 g/mol. The first-order chi connectivity index (χ1) is 14.1. The Balaban J connectivity index is 1.52. The molecule has 162 valence electrons. The first kappa shape index (κ1) is 21.7. The number of carbonyl (C=O) groups excluding carboxylic acids is 1. The zero-order valence-electron chi connectivity index (χ0n) is 18.3. The summed E-state index contributed by atoms with van der Waals surface area (Å²) in [6.07, 6.45) is 4.09. The molecule has 2 aliphatic heterocycles. The average molecular weight is 404 g/mol. The van der Waals surface area contributed by atoms with Crippen LogP contribution in [0, 0.1) is 11.8 Å². The van der Waals surface area contributed by atoms with Crippen LogP contribution in [0.3, 0.4) is 0 Å². The molecule has 0 spiro atoms. The summed E-state index contributed by atoms with van der Waals surface area (Å²) in [6.45, 7) is 15.0. The van der Waals surface area contributed by atoms with Crippen molar-refractivity contribution in [1.29, 1.82) is 0 Å². The first-order valence-electron chi connectivity index (χ1n) is 11.1. The second kappa shape index (κ2) is 10.7. The molecular formula is C22H37N5O2. The zero-order chi connectivity index (χ0) is 20.6. The summed E-state index contributed by atoms with van der Waals surface area (Å²) in [4.78, 5) is 24.2. The van der Waals surface area contributed by atoms with Crippen molar-refractivity contribution >= 4 is 11.9 Å². The summed E-state index contributed by atoms with van der Waals surface area (Å²) in [5.41, 5.74) is 0. The Morgan fingerprint density at radius 3 is 2.66 bits per heavy atom. The van der Waals surface area contributed by atoms with Crippen molar-refractivity contribution in [2.24, 2.45) is 16.8 Å². The van der Waals surface area contributed by atoms with Gasteiger partial charge in [-0.2, -0.15) is 0 Å². The number of rotatable bonds is 6. The van der Waals surface area contributed by atoms with Gasteiger partial charge in [-0.05, 0) is 50.3 Å². The number of nitrogens with one attached hydrogen (secondary N) is 1. The third-order valence-electron chi connectivity index (χ3n) is 5.66. The van der Waals surface area contributed by atoms with E-state index in [4.69, 9.17) is 9.41 Å². The van der Waals surface area contributed by atoms with E-state index in [9.17, 15) is 4.79 Å². The van der Waals surface area contributed by atoms with E-state index in [0.717, 1.165) is 44.6 Å². The highest BCUT2D eigenvalue weighted by Gasteiger charge is 2.26. The minimum atomic E-state index is -0.0240. The molecule has 2 fully saturated rings. The van der Waals surface area contributed by atoms with Gasteiger partial charge in [0.2, 0.25) is 0 Å². The molecule has 0 aliphatic carbocycles. The number of piperazine rings is 1. The number of carbonyl (C=O) groups is 1. The monoisotopic (exact) mass is 403 g/mol. The maximum Gasteiger partial charge on any atom is 0.289 e. The number of amides is 1. The lowest BCUT2D eigenvalue weighted by molar-refractivity contribution is 0.0657. The number of hydrogen-bond donors (Lipinski definition) is 1. The fourth-order valence-corrected chi connectivity index (χ4v) is 4.30. The van der Waals surface area contributed by atoms with Crippen LogP contribution in [0.15, 0.2) is 27.8 Å². The molecule has 0 saturated carbocycles. The molecule has 1 amide bonds. The highest BCUT2D eigenvalue weighted by atomic mass is 16.3. The van der Waals surface area contributed by atoms with E-state index in [-0.39, 0.29) is 5.91 Å². The van der Waals surface area contributed by atoms with E-state index in [0.29, 0.717) is 24.8 Å². The van der Waals surface area contributed by atoms with Gasteiger partial charge in [0.25, 0.3) is 5.91 Å². The standard InChI is InChI=1S/C22H37N5O2/c1-4-23-22(24-15-19-7-5-9-25(17-19)16-18(2)3)27-12-10-26(11-13-27)21(28)20-8-6-14-29-20/h6,8,14,18-19H,4-5,7,9-13,15-17H2,1-3H3,(H,23,24). The molecule has 3 rings (SSSR count). The fraction of sp³-hybridized carbons (Fsp3) is 0.727. The Morgan fingerprint density at radius 2 is 2.00 bits per heavy atom. The molecule has 2 saturated heterocycles. The molecule has 0 radical (unpaired) electrons. The summed E-state index contributed by atoms with van der Waals surface area (Å²) in [7, 11) is 0. The first-order valence-corrected chi connectivity index (χ1v) is 11.1. The molecule has 29 heavy (non-hydrogen) atoms. The highest BCUT2D eigenvalue weighted by Crippen LogP contribution is 2.18. The van der Waals surface area contributed by atoms with Crippen LogP contribution < -0.4 is 5.32 Å². The van der Waals surface area contributed by atoms with Crippen LogP contribution in [0.1, 0.15) is 44.2 Å². The number of furan rings is 1. The minimum absolute atomic E-state index is 0.0240. The van der Waals surface area contributed by atoms with Crippen LogP contribution in [0.25, 0.3) is 0 Å². The molecule has 1 aromatic rings. The lowest BCUT2D eigenvalue weighted by Crippen LogP contribution is -2.54. The Bertz CT molecular complexity index is 650. The summed E-state index contributed by atoms with van der Waals surface area (Å²) in [5.74, 6) is 2.73. The molecule has 1 N–H and O–H groups in total. The third-order valence-corrected chi connectivity index (χ3v) is 5.66. The Kier molecular flexibility index (Phi) is 7.98. The summed E-state index contributed by atoms with van der Waals surface area (Å²) >= 11 is 0. The van der Waals surface area contributed by atoms with E-state index in [1.54, 1.807) is 18.4 Å². The van der Waals surface area contributed by atoms with Gasteiger partial charge in [0, 0.05) is 52.4 Å². The van der Waals surface area contributed by atoms with Crippen molar-refractivity contribution < 1.29 is 9.21 Å². The van der Waals surface area contributed by atoms with Gasteiger partial charge in [-0.1, -0.05) is 13.8 Å². The van der Waals surface area contributed by atoms with Crippen molar-refractivity contribution in [2.75, 3.05) is 58.9 Å². The Morgan fingerprint density at radius 1 is 1.24 bits per heavy atom. The molecule has 0 aromatic carbocycles. The maximum absolute atomic E-state index is 12.5. The molecule has 1 unspecified atom stereocenters. The van der Waals surface area contributed by atoms with E-state index in [2.05, 4.69) is 35.9 Å². The van der Waals surface area contributed by atoms with Gasteiger partial charge in [0.15, 0.2) is 11.7 Å². The third kappa shape index (κ3) is 6.23. The van der Waals surface area contributed by atoms with Crippen LogP contribution in [-0.2, 0) is 0 Å². The summed E-state index contributed by atoms with van der Waals surface area (Å²) in [5, 5.41) is 3.45. The van der Waals surface area contributed by atoms with E-state index < -0.39 is 0 Å². The van der Waals surface area contributed by atoms with Crippen LogP contribution in [0.4, 0.5) is 0 Å². The number of aliphatic imine (C=N–C) groups is 1. The number of guanidine groups is 1. The quantitative estimate of drug-likeness (QED) is 0.584. The Hall–Kier alpha value is -2.02. The van der Waals surface area contributed by atoms with Crippen molar-refractivity contribution in [3.63, 3.8) is 0 Å². The second-order valence-corrected chi connectivity index (χ2v) is 8.61. The van der Waals surface area contributed by atoms with Crippen LogP contribution in [0.2, 0.25) is 0 Å².